The van der Waals surface area contributed by atoms with Gasteiger partial charge in [0.05, 0.1) is 5.75 Å². The van der Waals surface area contributed by atoms with Crippen LogP contribution in [0, 0.1) is 17.6 Å². The number of aromatic nitrogens is 1. The van der Waals surface area contributed by atoms with Crippen LogP contribution in [-0.2, 0) is 21.1 Å². The maximum absolute atomic E-state index is 13.2. The Bertz CT molecular complexity index is 864. The second kappa shape index (κ2) is 8.01. The lowest BCUT2D eigenvalue weighted by atomic mass is 10.1. The van der Waals surface area contributed by atoms with Crippen LogP contribution in [0.4, 0.5) is 13.9 Å². The Morgan fingerprint density at radius 3 is 2.64 bits per heavy atom. The number of amides is 1. The fourth-order valence-electron chi connectivity index (χ4n) is 2.22. The van der Waals surface area contributed by atoms with E-state index in [-0.39, 0.29) is 16.8 Å². The zero-order chi connectivity index (χ0) is 18.6. The molecule has 1 heterocycles. The van der Waals surface area contributed by atoms with Gasteiger partial charge < -0.3 is 5.32 Å². The Balaban J connectivity index is 1.96. The smallest absolute Gasteiger partial charge is 0.241 e. The number of nitrogens with zero attached hydrogens (tertiary/aromatic N) is 1. The van der Waals surface area contributed by atoms with Crippen molar-refractivity contribution in [2.45, 2.75) is 20.3 Å². The van der Waals surface area contributed by atoms with E-state index in [2.05, 4.69) is 10.3 Å². The molecule has 0 spiro atoms. The third kappa shape index (κ3) is 6.17. The molecular formula is C16H18F2N2O3S2. The Labute approximate surface area is 149 Å². The first-order chi connectivity index (χ1) is 11.6. The first kappa shape index (κ1) is 19.5. The predicted octanol–water partition coefficient (Wildman–Crippen LogP) is 3.02. The summed E-state index contributed by atoms with van der Waals surface area (Å²) in [6.07, 6.45) is 1.83. The van der Waals surface area contributed by atoms with E-state index in [1.807, 2.05) is 0 Å². The van der Waals surface area contributed by atoms with Crippen LogP contribution in [-0.4, -0.2) is 30.8 Å². The molecule has 0 saturated carbocycles. The van der Waals surface area contributed by atoms with E-state index in [0.717, 1.165) is 28.3 Å². The number of thiazole rings is 1. The summed E-state index contributed by atoms with van der Waals surface area (Å²) >= 11 is 1.15. The molecule has 5 nitrogen and oxygen atoms in total. The molecule has 2 aromatic rings. The number of benzene rings is 1. The van der Waals surface area contributed by atoms with Gasteiger partial charge >= 0.3 is 0 Å². The molecule has 0 aliphatic rings. The normalized spacial score (nSPS) is 11.7. The molecule has 0 fully saturated rings. The van der Waals surface area contributed by atoms with Crippen LogP contribution in [0.2, 0.25) is 0 Å². The number of hydrogen-bond donors (Lipinski definition) is 1. The summed E-state index contributed by atoms with van der Waals surface area (Å²) in [5.41, 5.74) is 0.569. The highest BCUT2D eigenvalue weighted by molar-refractivity contribution is 7.92. The maximum atomic E-state index is 13.2. The van der Waals surface area contributed by atoms with Crippen LogP contribution in [0.1, 0.15) is 24.3 Å². The van der Waals surface area contributed by atoms with Gasteiger partial charge in [-0.05, 0) is 23.6 Å². The minimum atomic E-state index is -3.46. The lowest BCUT2D eigenvalue weighted by Crippen LogP contribution is -2.26. The highest BCUT2D eigenvalue weighted by Crippen LogP contribution is 2.22. The van der Waals surface area contributed by atoms with Crippen LogP contribution in [0.25, 0.3) is 0 Å². The van der Waals surface area contributed by atoms with Gasteiger partial charge in [0.2, 0.25) is 5.91 Å². The average Bonchev–Trinajstić information content (AvgIpc) is 2.87. The highest BCUT2D eigenvalue weighted by Gasteiger charge is 2.19. The molecule has 0 aliphatic heterocycles. The van der Waals surface area contributed by atoms with Gasteiger partial charge in [0.1, 0.15) is 5.75 Å². The SMILES string of the molecule is CC(C)CS(=O)(=O)CC(=O)Nc1ncc(Cc2ccc(F)c(F)c2)s1. The molecule has 0 saturated heterocycles. The summed E-state index contributed by atoms with van der Waals surface area (Å²) in [4.78, 5) is 16.6. The quantitative estimate of drug-likeness (QED) is 0.791. The van der Waals surface area contributed by atoms with Crippen LogP contribution >= 0.6 is 11.3 Å². The first-order valence-electron chi connectivity index (χ1n) is 7.53. The molecule has 1 N–H and O–H groups in total. The van der Waals surface area contributed by atoms with Gasteiger partial charge in [-0.3, -0.25) is 4.79 Å². The molecule has 0 bridgehead atoms. The topological polar surface area (TPSA) is 76.1 Å². The number of sulfone groups is 1. The van der Waals surface area contributed by atoms with E-state index in [4.69, 9.17) is 0 Å². The summed E-state index contributed by atoms with van der Waals surface area (Å²) in [6, 6.07) is 3.62. The zero-order valence-corrected chi connectivity index (χ0v) is 15.4. The van der Waals surface area contributed by atoms with Crippen molar-refractivity contribution in [3.63, 3.8) is 0 Å². The Morgan fingerprint density at radius 2 is 2.00 bits per heavy atom. The summed E-state index contributed by atoms with van der Waals surface area (Å²) in [6.45, 7) is 3.53. The van der Waals surface area contributed by atoms with Gasteiger partial charge in [0.15, 0.2) is 26.6 Å². The Morgan fingerprint density at radius 1 is 1.28 bits per heavy atom. The van der Waals surface area contributed by atoms with E-state index >= 15 is 0 Å². The van der Waals surface area contributed by atoms with Gasteiger partial charge in [0, 0.05) is 17.5 Å². The summed E-state index contributed by atoms with van der Waals surface area (Å²) in [7, 11) is -3.46. The number of carbonyl (C=O) groups is 1. The Kier molecular flexibility index (Phi) is 6.23. The fraction of sp³-hybridized carbons (Fsp3) is 0.375. The molecule has 1 aromatic carbocycles. The maximum Gasteiger partial charge on any atom is 0.241 e. The molecule has 0 aliphatic carbocycles. The molecule has 1 amide bonds. The standard InChI is InChI=1S/C16H18F2N2O3S2/c1-10(2)8-25(22,23)9-15(21)20-16-19-7-12(24-16)5-11-3-4-13(17)14(18)6-11/h3-4,6-7,10H,5,8-9H2,1-2H3,(H,19,20,21). The number of carbonyl (C=O) groups excluding carboxylic acids is 1. The number of halogens is 2. The molecule has 25 heavy (non-hydrogen) atoms. The second-order valence-corrected chi connectivity index (χ2v) is 9.28. The lowest BCUT2D eigenvalue weighted by molar-refractivity contribution is -0.113. The minimum Gasteiger partial charge on any atom is -0.301 e. The molecule has 2 rings (SSSR count). The van der Waals surface area contributed by atoms with Crippen molar-refractivity contribution in [2.24, 2.45) is 5.92 Å². The number of hydrogen-bond acceptors (Lipinski definition) is 5. The number of rotatable bonds is 7. The van der Waals surface area contributed by atoms with Crippen molar-refractivity contribution >= 4 is 32.2 Å². The molecule has 0 unspecified atom stereocenters. The summed E-state index contributed by atoms with van der Waals surface area (Å²) in [5, 5.41) is 2.72. The average molecular weight is 388 g/mol. The Hall–Kier alpha value is -1.87. The third-order valence-corrected chi connectivity index (χ3v) is 5.89. The van der Waals surface area contributed by atoms with Crippen molar-refractivity contribution in [3.05, 3.63) is 46.5 Å². The van der Waals surface area contributed by atoms with Gasteiger partial charge in [-0.2, -0.15) is 0 Å². The molecule has 1 aromatic heterocycles. The van der Waals surface area contributed by atoms with Gasteiger partial charge in [-0.15, -0.1) is 11.3 Å². The van der Waals surface area contributed by atoms with Crippen molar-refractivity contribution in [1.29, 1.82) is 0 Å². The van der Waals surface area contributed by atoms with E-state index in [9.17, 15) is 22.0 Å². The predicted molar refractivity (Wildman–Crippen MR) is 93.4 cm³/mol. The van der Waals surface area contributed by atoms with Gasteiger partial charge in [-0.25, -0.2) is 22.2 Å². The lowest BCUT2D eigenvalue weighted by Gasteiger charge is -2.06. The fourth-order valence-corrected chi connectivity index (χ4v) is 4.69. The van der Waals surface area contributed by atoms with Crippen molar-refractivity contribution < 1.29 is 22.0 Å². The van der Waals surface area contributed by atoms with Crippen LogP contribution in [0.3, 0.4) is 0 Å². The van der Waals surface area contributed by atoms with E-state index in [1.165, 1.54) is 12.3 Å². The van der Waals surface area contributed by atoms with Crippen molar-refractivity contribution in [3.8, 4) is 0 Å². The molecule has 0 radical (unpaired) electrons. The number of anilines is 1. The van der Waals surface area contributed by atoms with E-state index < -0.39 is 33.1 Å². The van der Waals surface area contributed by atoms with E-state index in [1.54, 1.807) is 13.8 Å². The highest BCUT2D eigenvalue weighted by atomic mass is 32.2. The minimum absolute atomic E-state index is 0.0552. The number of nitrogens with one attached hydrogen (secondary N) is 1. The van der Waals surface area contributed by atoms with E-state index in [0.29, 0.717) is 12.0 Å². The van der Waals surface area contributed by atoms with Gasteiger partial charge in [-0.1, -0.05) is 19.9 Å². The largest absolute Gasteiger partial charge is 0.301 e. The first-order valence-corrected chi connectivity index (χ1v) is 10.2. The van der Waals surface area contributed by atoms with Gasteiger partial charge in [0.25, 0.3) is 0 Å². The van der Waals surface area contributed by atoms with Crippen LogP contribution in [0.5, 0.6) is 0 Å². The van der Waals surface area contributed by atoms with Crippen molar-refractivity contribution in [1.82, 2.24) is 4.98 Å². The summed E-state index contributed by atoms with van der Waals surface area (Å²) in [5.74, 6) is -3.19. The zero-order valence-electron chi connectivity index (χ0n) is 13.8. The summed E-state index contributed by atoms with van der Waals surface area (Å²) < 4.78 is 49.7. The molecule has 0 atom stereocenters. The molecule has 136 valence electrons. The second-order valence-electron chi connectivity index (χ2n) is 6.05. The monoisotopic (exact) mass is 388 g/mol. The molecule has 9 heteroatoms. The van der Waals surface area contributed by atoms with Crippen molar-refractivity contribution in [2.75, 3.05) is 16.8 Å². The molecular weight excluding hydrogens is 370 g/mol. The van der Waals surface area contributed by atoms with Crippen LogP contribution < -0.4 is 5.32 Å². The van der Waals surface area contributed by atoms with Crippen LogP contribution in [0.15, 0.2) is 24.4 Å². The third-order valence-electron chi connectivity index (χ3n) is 3.10.